The molecule has 1 aliphatic heterocycles. The van der Waals surface area contributed by atoms with E-state index in [-0.39, 0.29) is 6.04 Å². The standard InChI is InChI=1S/C9H15NO3/c1-6-3-4-10(7(2)5-6)8(11)9(12)13/h6-7H,3-5H2,1-2H3,(H,12,13). The normalized spacial score (nSPS) is 28.6. The average Bonchev–Trinajstić information content (AvgIpc) is 2.03. The highest BCUT2D eigenvalue weighted by atomic mass is 16.4. The lowest BCUT2D eigenvalue weighted by Crippen LogP contribution is -2.47. The van der Waals surface area contributed by atoms with E-state index in [9.17, 15) is 9.59 Å². The smallest absolute Gasteiger partial charge is 0.394 e. The van der Waals surface area contributed by atoms with Crippen LogP contribution in [0.5, 0.6) is 0 Å². The molecule has 13 heavy (non-hydrogen) atoms. The van der Waals surface area contributed by atoms with Gasteiger partial charge in [-0.05, 0) is 25.7 Å². The SMILES string of the molecule is CC1CCN(C(=O)C(=O)O)C(C)C1. The van der Waals surface area contributed by atoms with Crippen LogP contribution in [0.25, 0.3) is 0 Å². The van der Waals surface area contributed by atoms with Crippen molar-refractivity contribution >= 4 is 11.9 Å². The van der Waals surface area contributed by atoms with E-state index in [2.05, 4.69) is 6.92 Å². The van der Waals surface area contributed by atoms with Crippen LogP contribution < -0.4 is 0 Å². The van der Waals surface area contributed by atoms with Crippen molar-refractivity contribution < 1.29 is 14.7 Å². The highest BCUT2D eigenvalue weighted by Gasteiger charge is 2.29. The number of aliphatic carboxylic acids is 1. The van der Waals surface area contributed by atoms with Crippen LogP contribution in [0.3, 0.4) is 0 Å². The Morgan fingerprint density at radius 1 is 1.38 bits per heavy atom. The molecular formula is C9H15NO3. The number of carboxylic acid groups (broad SMARTS) is 1. The van der Waals surface area contributed by atoms with Gasteiger partial charge in [0.15, 0.2) is 0 Å². The number of rotatable bonds is 0. The molecule has 1 saturated heterocycles. The van der Waals surface area contributed by atoms with E-state index in [0.717, 1.165) is 12.8 Å². The molecule has 4 nitrogen and oxygen atoms in total. The minimum Gasteiger partial charge on any atom is -0.474 e. The largest absolute Gasteiger partial charge is 0.474 e. The molecule has 0 radical (unpaired) electrons. The molecule has 0 bridgehead atoms. The molecule has 0 aromatic carbocycles. The number of hydrogen-bond donors (Lipinski definition) is 1. The van der Waals surface area contributed by atoms with Gasteiger partial charge in [0.1, 0.15) is 0 Å². The van der Waals surface area contributed by atoms with E-state index in [1.54, 1.807) is 0 Å². The van der Waals surface area contributed by atoms with Crippen LogP contribution in [0.2, 0.25) is 0 Å². The van der Waals surface area contributed by atoms with E-state index >= 15 is 0 Å². The zero-order valence-electron chi connectivity index (χ0n) is 7.99. The van der Waals surface area contributed by atoms with Crippen LogP contribution in [0.4, 0.5) is 0 Å². The van der Waals surface area contributed by atoms with Gasteiger partial charge in [-0.15, -0.1) is 0 Å². The first-order chi connectivity index (χ1) is 6.02. The van der Waals surface area contributed by atoms with Crippen molar-refractivity contribution in [2.75, 3.05) is 6.54 Å². The van der Waals surface area contributed by atoms with Gasteiger partial charge in [-0.2, -0.15) is 0 Å². The molecule has 74 valence electrons. The van der Waals surface area contributed by atoms with Crippen LogP contribution in [-0.2, 0) is 9.59 Å². The zero-order valence-corrected chi connectivity index (χ0v) is 7.99. The van der Waals surface area contributed by atoms with Gasteiger partial charge in [0, 0.05) is 12.6 Å². The van der Waals surface area contributed by atoms with Crippen molar-refractivity contribution in [3.63, 3.8) is 0 Å². The second-order valence-corrected chi connectivity index (χ2v) is 3.78. The fourth-order valence-corrected chi connectivity index (χ4v) is 1.83. The van der Waals surface area contributed by atoms with Crippen molar-refractivity contribution in [1.82, 2.24) is 4.90 Å². The van der Waals surface area contributed by atoms with Gasteiger partial charge in [0.25, 0.3) is 0 Å². The minimum atomic E-state index is -1.35. The van der Waals surface area contributed by atoms with E-state index < -0.39 is 11.9 Å². The Labute approximate surface area is 77.5 Å². The summed E-state index contributed by atoms with van der Waals surface area (Å²) in [4.78, 5) is 23.0. The molecule has 0 aromatic rings. The second kappa shape index (κ2) is 3.77. The van der Waals surface area contributed by atoms with Crippen molar-refractivity contribution in [2.24, 2.45) is 5.92 Å². The molecule has 4 heteroatoms. The molecule has 0 aliphatic carbocycles. The molecule has 0 spiro atoms. The molecule has 1 N–H and O–H groups in total. The molecular weight excluding hydrogens is 170 g/mol. The summed E-state index contributed by atoms with van der Waals surface area (Å²) in [7, 11) is 0. The summed E-state index contributed by atoms with van der Waals surface area (Å²) in [5, 5.41) is 8.53. The number of nitrogens with zero attached hydrogens (tertiary/aromatic N) is 1. The highest BCUT2D eigenvalue weighted by Crippen LogP contribution is 2.21. The Bertz CT molecular complexity index is 227. The van der Waals surface area contributed by atoms with Gasteiger partial charge < -0.3 is 10.0 Å². The van der Waals surface area contributed by atoms with Crippen LogP contribution in [0, 0.1) is 5.92 Å². The first-order valence-corrected chi connectivity index (χ1v) is 4.56. The van der Waals surface area contributed by atoms with Gasteiger partial charge in [-0.25, -0.2) is 4.79 Å². The van der Waals surface area contributed by atoms with E-state index in [0.29, 0.717) is 12.5 Å². The molecule has 1 aliphatic rings. The Kier molecular flexibility index (Phi) is 2.90. The summed E-state index contributed by atoms with van der Waals surface area (Å²) in [6, 6.07) is 0.0624. The second-order valence-electron chi connectivity index (χ2n) is 3.78. The van der Waals surface area contributed by atoms with Gasteiger partial charge in [0.2, 0.25) is 0 Å². The van der Waals surface area contributed by atoms with Crippen molar-refractivity contribution in [3.05, 3.63) is 0 Å². The van der Waals surface area contributed by atoms with Crippen LogP contribution >= 0.6 is 0 Å². The molecule has 1 amide bonds. The third kappa shape index (κ3) is 2.20. The third-order valence-corrected chi connectivity index (χ3v) is 2.58. The van der Waals surface area contributed by atoms with Crippen molar-refractivity contribution in [3.8, 4) is 0 Å². The topological polar surface area (TPSA) is 57.6 Å². The van der Waals surface area contributed by atoms with E-state index in [4.69, 9.17) is 5.11 Å². The maximum Gasteiger partial charge on any atom is 0.394 e. The van der Waals surface area contributed by atoms with Gasteiger partial charge in [-0.1, -0.05) is 6.92 Å². The number of hydrogen-bond acceptors (Lipinski definition) is 2. The third-order valence-electron chi connectivity index (χ3n) is 2.58. The number of carbonyl (C=O) groups excluding carboxylic acids is 1. The van der Waals surface area contributed by atoms with Crippen LogP contribution in [-0.4, -0.2) is 34.5 Å². The summed E-state index contributed by atoms with van der Waals surface area (Å²) in [5.41, 5.74) is 0. The molecule has 0 aromatic heterocycles. The van der Waals surface area contributed by atoms with Crippen LogP contribution in [0.1, 0.15) is 26.7 Å². The molecule has 2 atom stereocenters. The molecule has 1 heterocycles. The van der Waals surface area contributed by atoms with Gasteiger partial charge in [0.05, 0.1) is 0 Å². The lowest BCUT2D eigenvalue weighted by atomic mass is 9.93. The Balaban J connectivity index is 2.61. The predicted molar refractivity (Wildman–Crippen MR) is 47.2 cm³/mol. The van der Waals surface area contributed by atoms with Gasteiger partial charge in [-0.3, -0.25) is 4.79 Å². The lowest BCUT2D eigenvalue weighted by molar-refractivity contribution is -0.158. The summed E-state index contributed by atoms with van der Waals surface area (Å²) in [5.74, 6) is -1.52. The molecule has 0 saturated carbocycles. The van der Waals surface area contributed by atoms with E-state index in [1.807, 2.05) is 6.92 Å². The van der Waals surface area contributed by atoms with E-state index in [1.165, 1.54) is 4.90 Å². The number of amides is 1. The monoisotopic (exact) mass is 185 g/mol. The summed E-state index contributed by atoms with van der Waals surface area (Å²) >= 11 is 0. The maximum atomic E-state index is 11.1. The van der Waals surface area contributed by atoms with Gasteiger partial charge >= 0.3 is 11.9 Å². The number of piperidine rings is 1. The Morgan fingerprint density at radius 2 is 2.00 bits per heavy atom. The number of likely N-dealkylation sites (tertiary alicyclic amines) is 1. The fourth-order valence-electron chi connectivity index (χ4n) is 1.83. The Hall–Kier alpha value is -1.06. The minimum absolute atomic E-state index is 0.0624. The fraction of sp³-hybridized carbons (Fsp3) is 0.778. The highest BCUT2D eigenvalue weighted by molar-refractivity contribution is 6.31. The predicted octanol–water partition coefficient (Wildman–Crippen LogP) is 0.718. The number of carboxylic acids is 1. The molecule has 2 unspecified atom stereocenters. The maximum absolute atomic E-state index is 11.1. The molecule has 1 rings (SSSR count). The average molecular weight is 185 g/mol. The first kappa shape index (κ1) is 10.0. The van der Waals surface area contributed by atoms with Crippen molar-refractivity contribution in [1.29, 1.82) is 0 Å². The number of carbonyl (C=O) groups is 2. The quantitative estimate of drug-likeness (QED) is 0.566. The summed E-state index contributed by atoms with van der Waals surface area (Å²) in [6.45, 7) is 4.60. The van der Waals surface area contributed by atoms with Crippen LogP contribution in [0.15, 0.2) is 0 Å². The Morgan fingerprint density at radius 3 is 2.46 bits per heavy atom. The summed E-state index contributed by atoms with van der Waals surface area (Å²) in [6.07, 6.45) is 1.81. The first-order valence-electron chi connectivity index (χ1n) is 4.56. The van der Waals surface area contributed by atoms with Crippen molar-refractivity contribution in [2.45, 2.75) is 32.7 Å². The summed E-state index contributed by atoms with van der Waals surface area (Å²) < 4.78 is 0. The zero-order chi connectivity index (χ0) is 10.0. The lowest BCUT2D eigenvalue weighted by Gasteiger charge is -2.35. The molecule has 1 fully saturated rings.